The summed E-state index contributed by atoms with van der Waals surface area (Å²) < 4.78 is 1.80. The predicted molar refractivity (Wildman–Crippen MR) is 83.6 cm³/mol. The summed E-state index contributed by atoms with van der Waals surface area (Å²) in [7, 11) is 1.92. The van der Waals surface area contributed by atoms with Crippen molar-refractivity contribution < 1.29 is 0 Å². The molecular formula is C13H15N5S2. The molecule has 0 aliphatic rings. The van der Waals surface area contributed by atoms with Gasteiger partial charge in [-0.25, -0.2) is 9.97 Å². The van der Waals surface area contributed by atoms with Crippen molar-refractivity contribution in [2.75, 3.05) is 11.9 Å². The number of fused-ring (bicyclic) bond motifs is 1. The molecule has 0 spiro atoms. The summed E-state index contributed by atoms with van der Waals surface area (Å²) in [6, 6.07) is 2.15. The van der Waals surface area contributed by atoms with Crippen LogP contribution in [0.1, 0.15) is 11.8 Å². The zero-order valence-electron chi connectivity index (χ0n) is 11.5. The molecule has 1 N–H and O–H groups in total. The van der Waals surface area contributed by atoms with Gasteiger partial charge in [0.2, 0.25) is 5.95 Å². The molecule has 0 saturated heterocycles. The Balaban J connectivity index is 2.06. The molecule has 3 heterocycles. The van der Waals surface area contributed by atoms with Crippen molar-refractivity contribution in [3.8, 4) is 0 Å². The number of nitrogens with one attached hydrogen (secondary N) is 1. The Morgan fingerprint density at radius 2 is 2.25 bits per heavy atom. The van der Waals surface area contributed by atoms with Crippen molar-refractivity contribution in [2.24, 2.45) is 7.05 Å². The molecule has 0 atom stereocenters. The lowest BCUT2D eigenvalue weighted by Crippen LogP contribution is -2.02. The summed E-state index contributed by atoms with van der Waals surface area (Å²) in [4.78, 5) is 12.5. The molecule has 0 aliphatic heterocycles. The first kappa shape index (κ1) is 13.4. The first-order chi connectivity index (χ1) is 9.65. The van der Waals surface area contributed by atoms with Crippen LogP contribution in [0.5, 0.6) is 0 Å². The Bertz CT molecular complexity index is 746. The maximum Gasteiger partial charge on any atom is 0.225 e. The van der Waals surface area contributed by atoms with Crippen LogP contribution in [-0.2, 0) is 7.05 Å². The average Bonchev–Trinajstić information content (AvgIpc) is 2.95. The largest absolute Gasteiger partial charge is 0.354 e. The highest BCUT2D eigenvalue weighted by Gasteiger charge is 2.12. The van der Waals surface area contributed by atoms with Gasteiger partial charge < -0.3 is 5.32 Å². The Morgan fingerprint density at radius 1 is 1.40 bits per heavy atom. The monoisotopic (exact) mass is 305 g/mol. The normalized spacial score (nSPS) is 11.2. The zero-order chi connectivity index (χ0) is 14.1. The molecule has 0 radical (unpaired) electrons. The summed E-state index contributed by atoms with van der Waals surface area (Å²) in [5.74, 6) is 0.688. The van der Waals surface area contributed by atoms with E-state index >= 15 is 0 Å². The molecule has 20 heavy (non-hydrogen) atoms. The van der Waals surface area contributed by atoms with Gasteiger partial charge in [-0.05, 0) is 19.9 Å². The van der Waals surface area contributed by atoms with Gasteiger partial charge in [0.15, 0.2) is 0 Å². The second-order valence-corrected chi connectivity index (χ2v) is 6.71. The van der Waals surface area contributed by atoms with Crippen molar-refractivity contribution in [3.63, 3.8) is 0 Å². The second kappa shape index (κ2) is 5.41. The molecular weight excluding hydrogens is 290 g/mol. The minimum absolute atomic E-state index is 0.688. The number of hydrogen-bond acceptors (Lipinski definition) is 6. The topological polar surface area (TPSA) is 55.6 Å². The highest BCUT2D eigenvalue weighted by atomic mass is 32.2. The lowest BCUT2D eigenvalue weighted by Gasteiger charge is -2.05. The fourth-order valence-corrected chi connectivity index (χ4v) is 3.76. The van der Waals surface area contributed by atoms with Gasteiger partial charge in [-0.15, -0.1) is 11.3 Å². The van der Waals surface area contributed by atoms with Gasteiger partial charge in [-0.3, -0.25) is 4.68 Å². The van der Waals surface area contributed by atoms with Gasteiger partial charge >= 0.3 is 0 Å². The van der Waals surface area contributed by atoms with E-state index in [0.717, 1.165) is 26.7 Å². The highest BCUT2D eigenvalue weighted by molar-refractivity contribution is 7.99. The Morgan fingerprint density at radius 3 is 2.95 bits per heavy atom. The number of aromatic nitrogens is 4. The minimum atomic E-state index is 0.688. The van der Waals surface area contributed by atoms with Crippen LogP contribution in [-0.4, -0.2) is 26.3 Å². The van der Waals surface area contributed by atoms with Gasteiger partial charge in [-0.2, -0.15) is 5.10 Å². The van der Waals surface area contributed by atoms with E-state index in [1.165, 1.54) is 4.88 Å². The number of nitrogens with zero attached hydrogens (tertiary/aromatic N) is 4. The SMILES string of the molecule is CCNc1nc(Sc2cnn(C)c2)c2cc(C)sc2n1. The third-order valence-electron chi connectivity index (χ3n) is 2.71. The Labute approximate surface area is 125 Å². The van der Waals surface area contributed by atoms with E-state index in [1.807, 2.05) is 26.4 Å². The molecule has 0 fully saturated rings. The zero-order valence-corrected chi connectivity index (χ0v) is 13.2. The highest BCUT2D eigenvalue weighted by Crippen LogP contribution is 2.35. The van der Waals surface area contributed by atoms with E-state index in [0.29, 0.717) is 5.95 Å². The van der Waals surface area contributed by atoms with E-state index in [-0.39, 0.29) is 0 Å². The number of aryl methyl sites for hydroxylation is 2. The summed E-state index contributed by atoms with van der Waals surface area (Å²) in [6.45, 7) is 4.95. The Kier molecular flexibility index (Phi) is 3.62. The van der Waals surface area contributed by atoms with Crippen LogP contribution in [0.25, 0.3) is 10.2 Å². The van der Waals surface area contributed by atoms with Crippen molar-refractivity contribution in [1.29, 1.82) is 0 Å². The van der Waals surface area contributed by atoms with Crippen molar-refractivity contribution in [2.45, 2.75) is 23.8 Å². The number of anilines is 1. The van der Waals surface area contributed by atoms with Gasteiger partial charge in [0, 0.05) is 30.1 Å². The summed E-state index contributed by atoms with van der Waals surface area (Å²) in [5, 5.41) is 9.48. The molecule has 0 aromatic carbocycles. The lowest BCUT2D eigenvalue weighted by molar-refractivity contribution is 0.766. The van der Waals surface area contributed by atoms with Crippen molar-refractivity contribution in [3.05, 3.63) is 23.3 Å². The van der Waals surface area contributed by atoms with Gasteiger partial charge in [0.05, 0.1) is 11.1 Å². The fraction of sp³-hybridized carbons (Fsp3) is 0.308. The third kappa shape index (κ3) is 2.64. The van der Waals surface area contributed by atoms with Crippen molar-refractivity contribution in [1.82, 2.24) is 19.7 Å². The number of rotatable bonds is 4. The van der Waals surface area contributed by atoms with Gasteiger partial charge in [0.25, 0.3) is 0 Å². The third-order valence-corrected chi connectivity index (χ3v) is 4.61. The molecule has 3 rings (SSSR count). The maximum atomic E-state index is 4.62. The van der Waals surface area contributed by atoms with Crippen LogP contribution < -0.4 is 5.32 Å². The molecule has 5 nitrogen and oxygen atoms in total. The molecule has 3 aromatic heterocycles. The first-order valence-corrected chi connectivity index (χ1v) is 7.97. The second-order valence-electron chi connectivity index (χ2n) is 4.41. The average molecular weight is 305 g/mol. The quantitative estimate of drug-likeness (QED) is 0.749. The smallest absolute Gasteiger partial charge is 0.225 e. The summed E-state index contributed by atoms with van der Waals surface area (Å²) in [5.41, 5.74) is 0. The van der Waals surface area contributed by atoms with Crippen LogP contribution in [0.2, 0.25) is 0 Å². The molecule has 104 valence electrons. The molecule has 0 aliphatic carbocycles. The predicted octanol–water partition coefficient (Wildman–Crippen LogP) is 3.32. The molecule has 7 heteroatoms. The van der Waals surface area contributed by atoms with Crippen LogP contribution in [0, 0.1) is 6.92 Å². The van der Waals surface area contributed by atoms with E-state index in [1.54, 1.807) is 27.8 Å². The maximum absolute atomic E-state index is 4.62. The molecule has 0 saturated carbocycles. The van der Waals surface area contributed by atoms with Gasteiger partial charge in [0.1, 0.15) is 9.86 Å². The Hall–Kier alpha value is -1.60. The van der Waals surface area contributed by atoms with Crippen LogP contribution in [0.4, 0.5) is 5.95 Å². The number of thiophene rings is 1. The molecule has 0 unspecified atom stereocenters. The van der Waals surface area contributed by atoms with E-state index in [4.69, 9.17) is 0 Å². The van der Waals surface area contributed by atoms with E-state index in [2.05, 4.69) is 33.4 Å². The summed E-state index contributed by atoms with van der Waals surface area (Å²) >= 11 is 3.32. The standard InChI is InChI=1S/C13H15N5S2/c1-4-14-13-16-11-10(5-8(2)19-11)12(17-13)20-9-6-15-18(3)7-9/h5-7H,4H2,1-3H3,(H,14,16,17). The fourth-order valence-electron chi connectivity index (χ4n) is 1.89. The first-order valence-electron chi connectivity index (χ1n) is 6.34. The molecule has 0 bridgehead atoms. The minimum Gasteiger partial charge on any atom is -0.354 e. The lowest BCUT2D eigenvalue weighted by atomic mass is 10.4. The van der Waals surface area contributed by atoms with Crippen molar-refractivity contribution >= 4 is 39.3 Å². The van der Waals surface area contributed by atoms with Crippen LogP contribution in [0.15, 0.2) is 28.4 Å². The number of hydrogen-bond donors (Lipinski definition) is 1. The van der Waals surface area contributed by atoms with E-state index < -0.39 is 0 Å². The van der Waals surface area contributed by atoms with Crippen LogP contribution >= 0.6 is 23.1 Å². The van der Waals surface area contributed by atoms with Gasteiger partial charge in [-0.1, -0.05) is 11.8 Å². The molecule has 3 aromatic rings. The molecule has 0 amide bonds. The van der Waals surface area contributed by atoms with Crippen LogP contribution in [0.3, 0.4) is 0 Å². The van der Waals surface area contributed by atoms with E-state index in [9.17, 15) is 0 Å². The summed E-state index contributed by atoms with van der Waals surface area (Å²) in [6.07, 6.45) is 3.84.